The second-order valence-corrected chi connectivity index (χ2v) is 11.1. The van der Waals surface area contributed by atoms with E-state index in [9.17, 15) is 9.59 Å². The van der Waals surface area contributed by atoms with Gasteiger partial charge in [0.15, 0.2) is 0 Å². The summed E-state index contributed by atoms with van der Waals surface area (Å²) < 4.78 is 16.5. The van der Waals surface area contributed by atoms with Gasteiger partial charge < -0.3 is 24.4 Å². The molecule has 2 N–H and O–H groups in total. The zero-order valence-electron chi connectivity index (χ0n) is 23.4. The first kappa shape index (κ1) is 27.2. The van der Waals surface area contributed by atoms with Crippen molar-refractivity contribution < 1.29 is 23.8 Å². The molecule has 3 aromatic rings. The largest absolute Gasteiger partial charge is 0.497 e. The summed E-state index contributed by atoms with van der Waals surface area (Å²) in [5, 5.41) is 10.2. The van der Waals surface area contributed by atoms with E-state index < -0.39 is 17.1 Å². The van der Waals surface area contributed by atoms with E-state index in [1.54, 1.807) is 35.5 Å². The summed E-state index contributed by atoms with van der Waals surface area (Å²) in [5.41, 5.74) is 1.15. The number of likely N-dealkylation sites (tertiary alicyclic amines) is 1. The van der Waals surface area contributed by atoms with Crippen LogP contribution < -0.4 is 19.7 Å². The smallest absolute Gasteiger partial charge is 0.410 e. The number of carbonyl (C=O) groups excluding carboxylic acids is 2. The molecule has 2 aliphatic heterocycles. The maximum atomic E-state index is 14.0. The summed E-state index contributed by atoms with van der Waals surface area (Å²) in [5.74, 6) is 1.14. The lowest BCUT2D eigenvalue weighted by molar-refractivity contribution is -0.119. The number of H-pyrrole nitrogens is 1. The highest BCUT2D eigenvalue weighted by Gasteiger charge is 2.55. The van der Waals surface area contributed by atoms with Crippen molar-refractivity contribution in [3.05, 3.63) is 42.9 Å². The maximum Gasteiger partial charge on any atom is 0.410 e. The van der Waals surface area contributed by atoms with E-state index in [1.807, 2.05) is 45.0 Å². The fourth-order valence-corrected chi connectivity index (χ4v) is 5.31. The zero-order valence-corrected chi connectivity index (χ0v) is 23.4. The number of anilines is 2. The lowest BCUT2D eigenvalue weighted by Crippen LogP contribution is -2.51. The number of carbonyl (C=O) groups is 2. The minimum absolute atomic E-state index is 0.147. The standard InChI is InChI=1S/C28H35N7O5/c1-27(2,3)40-26(37)34-11-9-28(10-12-34)17-35(24(36)22(28)32-19-7-6-8-20(13-19)38-4)25-29-16-21(23(33-25)39-5)18-14-30-31-15-18/h6-8,13-16,22,32H,9-12,17H2,1-5H3,(H,30,31). The molecular weight excluding hydrogens is 514 g/mol. The van der Waals surface area contributed by atoms with Crippen molar-refractivity contribution in [1.82, 2.24) is 25.1 Å². The van der Waals surface area contributed by atoms with Crippen molar-refractivity contribution in [2.24, 2.45) is 5.41 Å². The van der Waals surface area contributed by atoms with Gasteiger partial charge in [0.25, 0.3) is 5.91 Å². The number of aromatic amines is 1. The highest BCUT2D eigenvalue weighted by molar-refractivity contribution is 6.01. The highest BCUT2D eigenvalue weighted by Crippen LogP contribution is 2.44. The molecule has 0 bridgehead atoms. The molecule has 2 amide bonds. The number of benzene rings is 1. The Balaban J connectivity index is 1.44. The van der Waals surface area contributed by atoms with Crippen LogP contribution in [0.15, 0.2) is 42.9 Å². The molecule has 0 radical (unpaired) electrons. The molecule has 1 aromatic carbocycles. The van der Waals surface area contributed by atoms with E-state index in [4.69, 9.17) is 14.2 Å². The maximum absolute atomic E-state index is 14.0. The molecule has 1 spiro atoms. The van der Waals surface area contributed by atoms with Crippen LogP contribution in [-0.4, -0.2) is 82.6 Å². The van der Waals surface area contributed by atoms with Crippen molar-refractivity contribution in [2.45, 2.75) is 45.3 Å². The number of ether oxygens (including phenoxy) is 3. The molecule has 0 saturated carbocycles. The van der Waals surface area contributed by atoms with Crippen LogP contribution in [0.25, 0.3) is 11.1 Å². The molecule has 5 rings (SSSR count). The SMILES string of the molecule is COc1cccc(NC2C(=O)N(c3ncc(-c4cn[nH]c4)c(OC)n3)CC23CCN(C(=O)OC(C)(C)C)CC3)c1. The molecule has 12 heteroatoms. The fraction of sp³-hybridized carbons (Fsp3) is 0.464. The summed E-state index contributed by atoms with van der Waals surface area (Å²) in [6, 6.07) is 6.92. The average Bonchev–Trinajstić information content (AvgIpc) is 3.56. The summed E-state index contributed by atoms with van der Waals surface area (Å²) in [7, 11) is 3.13. The van der Waals surface area contributed by atoms with Crippen molar-refractivity contribution in [3.63, 3.8) is 0 Å². The van der Waals surface area contributed by atoms with E-state index in [1.165, 1.54) is 7.11 Å². The fourth-order valence-electron chi connectivity index (χ4n) is 5.31. The monoisotopic (exact) mass is 549 g/mol. The molecule has 12 nitrogen and oxygen atoms in total. The number of piperidine rings is 1. The molecule has 1 unspecified atom stereocenters. The average molecular weight is 550 g/mol. The third kappa shape index (κ3) is 5.38. The number of hydrogen-bond acceptors (Lipinski definition) is 9. The first-order chi connectivity index (χ1) is 19.1. The van der Waals surface area contributed by atoms with Gasteiger partial charge in [-0.25, -0.2) is 9.78 Å². The van der Waals surface area contributed by atoms with Gasteiger partial charge in [0.05, 0.1) is 26.0 Å². The van der Waals surface area contributed by atoms with Crippen LogP contribution in [0.4, 0.5) is 16.4 Å². The molecule has 2 aliphatic rings. The molecule has 40 heavy (non-hydrogen) atoms. The number of rotatable bonds is 6. The second-order valence-electron chi connectivity index (χ2n) is 11.1. The van der Waals surface area contributed by atoms with Gasteiger partial charge in [-0.2, -0.15) is 10.1 Å². The molecule has 2 saturated heterocycles. The number of methoxy groups -OCH3 is 2. The molecular formula is C28H35N7O5. The van der Waals surface area contributed by atoms with Gasteiger partial charge in [0.2, 0.25) is 11.8 Å². The Morgan fingerprint density at radius 3 is 2.58 bits per heavy atom. The number of aromatic nitrogens is 4. The molecule has 0 aliphatic carbocycles. The van der Waals surface area contributed by atoms with Gasteiger partial charge >= 0.3 is 6.09 Å². The van der Waals surface area contributed by atoms with Crippen LogP contribution in [0.1, 0.15) is 33.6 Å². The highest BCUT2D eigenvalue weighted by atomic mass is 16.6. The minimum atomic E-state index is -0.582. The van der Waals surface area contributed by atoms with Crippen LogP contribution in [0, 0.1) is 5.41 Å². The first-order valence-corrected chi connectivity index (χ1v) is 13.2. The number of hydrogen-bond donors (Lipinski definition) is 2. The van der Waals surface area contributed by atoms with E-state index in [2.05, 4.69) is 25.5 Å². The van der Waals surface area contributed by atoms with Gasteiger partial charge in [0.1, 0.15) is 17.4 Å². The zero-order chi connectivity index (χ0) is 28.5. The van der Waals surface area contributed by atoms with Crippen molar-refractivity contribution >= 4 is 23.6 Å². The van der Waals surface area contributed by atoms with E-state index >= 15 is 0 Å². The Morgan fingerprint density at radius 1 is 1.15 bits per heavy atom. The molecule has 2 fully saturated rings. The summed E-state index contributed by atoms with van der Waals surface area (Å²) in [6.07, 6.45) is 5.87. The Kier molecular flexibility index (Phi) is 7.26. The second kappa shape index (κ2) is 10.7. The number of amides is 2. The lowest BCUT2D eigenvalue weighted by Gasteiger charge is -2.42. The van der Waals surface area contributed by atoms with Gasteiger partial charge in [-0.3, -0.25) is 14.8 Å². The summed E-state index contributed by atoms with van der Waals surface area (Å²) in [6.45, 7) is 6.88. The van der Waals surface area contributed by atoms with Crippen LogP contribution >= 0.6 is 0 Å². The lowest BCUT2D eigenvalue weighted by atomic mass is 9.74. The van der Waals surface area contributed by atoms with Gasteiger partial charge in [-0.15, -0.1) is 0 Å². The third-order valence-corrected chi connectivity index (χ3v) is 7.38. The topological polar surface area (TPSA) is 135 Å². The van der Waals surface area contributed by atoms with Crippen molar-refractivity contribution in [1.29, 1.82) is 0 Å². The summed E-state index contributed by atoms with van der Waals surface area (Å²) in [4.78, 5) is 39.3. The van der Waals surface area contributed by atoms with Crippen molar-refractivity contribution in [2.75, 3.05) is 44.1 Å². The van der Waals surface area contributed by atoms with Gasteiger partial charge in [-0.1, -0.05) is 6.07 Å². The van der Waals surface area contributed by atoms with E-state index in [0.29, 0.717) is 49.7 Å². The Labute approximate surface area is 233 Å². The predicted octanol–water partition coefficient (Wildman–Crippen LogP) is 3.73. The molecule has 4 heterocycles. The Hall–Kier alpha value is -4.35. The quantitative estimate of drug-likeness (QED) is 0.472. The molecule has 212 valence electrons. The Bertz CT molecular complexity index is 1360. The minimum Gasteiger partial charge on any atom is -0.497 e. The van der Waals surface area contributed by atoms with Crippen molar-refractivity contribution in [3.8, 4) is 22.8 Å². The number of nitrogens with zero attached hydrogens (tertiary/aromatic N) is 5. The van der Waals surface area contributed by atoms with Crippen LogP contribution in [-0.2, 0) is 9.53 Å². The van der Waals surface area contributed by atoms with E-state index in [0.717, 1.165) is 11.3 Å². The Morgan fingerprint density at radius 2 is 1.93 bits per heavy atom. The van der Waals surface area contributed by atoms with Gasteiger partial charge in [0, 0.05) is 54.8 Å². The third-order valence-electron chi connectivity index (χ3n) is 7.38. The predicted molar refractivity (Wildman–Crippen MR) is 148 cm³/mol. The van der Waals surface area contributed by atoms with E-state index in [-0.39, 0.29) is 17.9 Å². The summed E-state index contributed by atoms with van der Waals surface area (Å²) >= 11 is 0. The first-order valence-electron chi connectivity index (χ1n) is 13.2. The molecule has 2 aromatic heterocycles. The van der Waals surface area contributed by atoms with Crippen LogP contribution in [0.3, 0.4) is 0 Å². The van der Waals surface area contributed by atoms with Crippen LogP contribution in [0.2, 0.25) is 0 Å². The molecule has 1 atom stereocenters. The normalized spacial score (nSPS) is 18.6. The van der Waals surface area contributed by atoms with Crippen LogP contribution in [0.5, 0.6) is 11.6 Å². The van der Waals surface area contributed by atoms with Gasteiger partial charge in [-0.05, 0) is 45.7 Å². The number of nitrogens with one attached hydrogen (secondary N) is 2.